The van der Waals surface area contributed by atoms with Crippen LogP contribution >= 0.6 is 11.3 Å². The minimum absolute atomic E-state index is 0.0383. The van der Waals surface area contributed by atoms with Gasteiger partial charge in [-0.3, -0.25) is 14.4 Å². The molecule has 2 heterocycles. The molecule has 0 N–H and O–H groups in total. The zero-order valence-electron chi connectivity index (χ0n) is 19.6. The highest BCUT2D eigenvalue weighted by molar-refractivity contribution is 7.12. The minimum Gasteiger partial charge on any atom is -0.339 e. The molecule has 3 amide bonds. The number of rotatable bonds is 6. The maximum atomic E-state index is 13.3. The summed E-state index contributed by atoms with van der Waals surface area (Å²) >= 11 is 1.43. The van der Waals surface area contributed by atoms with Gasteiger partial charge < -0.3 is 14.7 Å². The molecule has 4 rings (SSSR count). The fraction of sp³-hybridized carbons (Fsp3) is 0.296. The van der Waals surface area contributed by atoms with E-state index >= 15 is 0 Å². The monoisotopic (exact) mass is 475 g/mol. The van der Waals surface area contributed by atoms with Gasteiger partial charge in [-0.15, -0.1) is 11.3 Å². The Morgan fingerprint density at radius 1 is 0.882 bits per heavy atom. The summed E-state index contributed by atoms with van der Waals surface area (Å²) in [6.45, 7) is 6.37. The van der Waals surface area contributed by atoms with E-state index in [0.717, 1.165) is 22.4 Å². The van der Waals surface area contributed by atoms with E-state index in [9.17, 15) is 14.4 Å². The average molecular weight is 476 g/mol. The molecular formula is C27H29N3O3S. The average Bonchev–Trinajstić information content (AvgIpc) is 3.38. The first-order chi connectivity index (χ1) is 16.4. The van der Waals surface area contributed by atoms with Crippen molar-refractivity contribution in [3.63, 3.8) is 0 Å². The predicted molar refractivity (Wildman–Crippen MR) is 135 cm³/mol. The highest BCUT2D eigenvalue weighted by Gasteiger charge is 2.23. The summed E-state index contributed by atoms with van der Waals surface area (Å²) in [5, 5.41) is 1.91. The summed E-state index contributed by atoms with van der Waals surface area (Å²) in [6, 6.07) is 19.6. The lowest BCUT2D eigenvalue weighted by atomic mass is 10.1. The third kappa shape index (κ3) is 5.72. The number of nitrogens with zero attached hydrogens (tertiary/aromatic N) is 3. The van der Waals surface area contributed by atoms with Crippen LogP contribution in [0.3, 0.4) is 0 Å². The maximum Gasteiger partial charge on any atom is 0.268 e. The van der Waals surface area contributed by atoms with Crippen molar-refractivity contribution in [2.75, 3.05) is 31.1 Å². The van der Waals surface area contributed by atoms with Crippen LogP contribution in [0.15, 0.2) is 66.0 Å². The fourth-order valence-electron chi connectivity index (χ4n) is 4.16. The van der Waals surface area contributed by atoms with Gasteiger partial charge >= 0.3 is 0 Å². The molecule has 1 fully saturated rings. The van der Waals surface area contributed by atoms with Crippen molar-refractivity contribution >= 4 is 34.7 Å². The molecule has 7 heteroatoms. The first-order valence-electron chi connectivity index (χ1n) is 11.4. The van der Waals surface area contributed by atoms with Crippen LogP contribution in [0.4, 0.5) is 5.69 Å². The molecule has 6 nitrogen and oxygen atoms in total. The lowest BCUT2D eigenvalue weighted by molar-refractivity contribution is -0.138. The molecule has 0 bridgehead atoms. The molecule has 176 valence electrons. The summed E-state index contributed by atoms with van der Waals surface area (Å²) in [4.78, 5) is 43.6. The van der Waals surface area contributed by atoms with E-state index in [4.69, 9.17) is 0 Å². The number of hydrogen-bond donors (Lipinski definition) is 0. The Morgan fingerprint density at radius 2 is 1.59 bits per heavy atom. The lowest BCUT2D eigenvalue weighted by Crippen LogP contribution is -2.50. The van der Waals surface area contributed by atoms with Crippen molar-refractivity contribution in [3.8, 4) is 0 Å². The quantitative estimate of drug-likeness (QED) is 0.539. The van der Waals surface area contributed by atoms with Crippen molar-refractivity contribution in [1.29, 1.82) is 0 Å². The van der Waals surface area contributed by atoms with Gasteiger partial charge in [0.05, 0.1) is 17.8 Å². The molecule has 1 aromatic heterocycles. The molecule has 0 atom stereocenters. The summed E-state index contributed by atoms with van der Waals surface area (Å²) in [5.74, 6) is 0.0703. The van der Waals surface area contributed by atoms with Gasteiger partial charge in [0.15, 0.2) is 0 Å². The van der Waals surface area contributed by atoms with Crippen molar-refractivity contribution in [3.05, 3.63) is 87.6 Å². The second-order valence-corrected chi connectivity index (χ2v) is 9.54. The number of carbonyl (C=O) groups is 3. The number of thiophene rings is 1. The molecule has 3 aromatic rings. The molecule has 0 unspecified atom stereocenters. The Bertz CT molecular complexity index is 1150. The van der Waals surface area contributed by atoms with Crippen LogP contribution in [-0.2, 0) is 22.6 Å². The highest BCUT2D eigenvalue weighted by atomic mass is 32.1. The van der Waals surface area contributed by atoms with Gasteiger partial charge in [-0.25, -0.2) is 0 Å². The van der Waals surface area contributed by atoms with Crippen LogP contribution in [0.1, 0.15) is 33.3 Å². The molecule has 0 saturated carbocycles. The highest BCUT2D eigenvalue weighted by Crippen LogP contribution is 2.23. The summed E-state index contributed by atoms with van der Waals surface area (Å²) < 4.78 is 0. The fourth-order valence-corrected chi connectivity index (χ4v) is 4.83. The van der Waals surface area contributed by atoms with E-state index in [-0.39, 0.29) is 17.7 Å². The maximum absolute atomic E-state index is 13.3. The van der Waals surface area contributed by atoms with Gasteiger partial charge in [0, 0.05) is 38.8 Å². The van der Waals surface area contributed by atoms with Crippen molar-refractivity contribution in [2.24, 2.45) is 0 Å². The molecule has 1 aliphatic rings. The smallest absolute Gasteiger partial charge is 0.268 e. The van der Waals surface area contributed by atoms with Crippen molar-refractivity contribution in [1.82, 2.24) is 9.80 Å². The number of anilines is 1. The van der Waals surface area contributed by atoms with Gasteiger partial charge in [0.1, 0.15) is 0 Å². The minimum atomic E-state index is -0.0383. The van der Waals surface area contributed by atoms with Gasteiger partial charge in [-0.2, -0.15) is 0 Å². The van der Waals surface area contributed by atoms with E-state index in [0.29, 0.717) is 44.0 Å². The zero-order valence-corrected chi connectivity index (χ0v) is 20.4. The number of benzene rings is 2. The Kier molecular flexibility index (Phi) is 7.43. The van der Waals surface area contributed by atoms with Crippen LogP contribution in [0.25, 0.3) is 0 Å². The van der Waals surface area contributed by atoms with Crippen LogP contribution in [0.5, 0.6) is 0 Å². The van der Waals surface area contributed by atoms with E-state index in [1.54, 1.807) is 16.7 Å². The second-order valence-electron chi connectivity index (χ2n) is 8.59. The topological polar surface area (TPSA) is 60.9 Å². The van der Waals surface area contributed by atoms with Crippen LogP contribution in [-0.4, -0.2) is 53.7 Å². The lowest BCUT2D eigenvalue weighted by Gasteiger charge is -2.34. The van der Waals surface area contributed by atoms with Gasteiger partial charge in [-0.1, -0.05) is 48.0 Å². The van der Waals surface area contributed by atoms with E-state index in [1.165, 1.54) is 11.3 Å². The Balaban J connectivity index is 1.47. The third-order valence-corrected chi connectivity index (χ3v) is 6.94. The molecule has 34 heavy (non-hydrogen) atoms. The number of hydrogen-bond acceptors (Lipinski definition) is 4. The normalized spacial score (nSPS) is 13.6. The first kappa shape index (κ1) is 23.7. The molecule has 1 aliphatic heterocycles. The third-order valence-electron chi connectivity index (χ3n) is 6.08. The SMILES string of the molecule is CC(=O)N1CCN(C(=O)Cc2ccc(N(Cc3cccc(C)c3)C(=O)c3cccs3)cc2)CC1. The number of piperazine rings is 1. The van der Waals surface area contributed by atoms with Gasteiger partial charge in [0.25, 0.3) is 5.91 Å². The van der Waals surface area contributed by atoms with Crippen LogP contribution < -0.4 is 4.90 Å². The first-order valence-corrected chi connectivity index (χ1v) is 12.3. The Labute approximate surface area is 204 Å². The molecule has 1 saturated heterocycles. The molecule has 0 radical (unpaired) electrons. The van der Waals surface area contributed by atoms with Gasteiger partial charge in [0.2, 0.25) is 11.8 Å². The molecule has 2 aromatic carbocycles. The summed E-state index contributed by atoms with van der Waals surface area (Å²) in [7, 11) is 0. The van der Waals surface area contributed by atoms with Crippen molar-refractivity contribution in [2.45, 2.75) is 26.8 Å². The Hall–Kier alpha value is -3.45. The van der Waals surface area contributed by atoms with Gasteiger partial charge in [-0.05, 0) is 41.6 Å². The molecular weight excluding hydrogens is 446 g/mol. The number of carbonyl (C=O) groups excluding carboxylic acids is 3. The zero-order chi connectivity index (χ0) is 24.1. The standard InChI is InChI=1S/C27H29N3O3S/c1-20-5-3-6-23(17-20)19-30(27(33)25-7-4-16-34-25)24-10-8-22(9-11-24)18-26(32)29-14-12-28(13-15-29)21(2)31/h3-11,16-17H,12-15,18-19H2,1-2H3. The van der Waals surface area contributed by atoms with E-state index in [1.807, 2.05) is 71.8 Å². The molecule has 0 spiro atoms. The molecule has 0 aliphatic carbocycles. The number of aryl methyl sites for hydroxylation is 1. The van der Waals surface area contributed by atoms with Crippen LogP contribution in [0.2, 0.25) is 0 Å². The largest absolute Gasteiger partial charge is 0.339 e. The van der Waals surface area contributed by atoms with E-state index < -0.39 is 0 Å². The van der Waals surface area contributed by atoms with Crippen LogP contribution in [0, 0.1) is 6.92 Å². The summed E-state index contributed by atoms with van der Waals surface area (Å²) in [6.07, 6.45) is 0.303. The van der Waals surface area contributed by atoms with E-state index in [2.05, 4.69) is 6.07 Å². The number of amides is 3. The predicted octanol–water partition coefficient (Wildman–Crippen LogP) is 4.14. The van der Waals surface area contributed by atoms with Crippen molar-refractivity contribution < 1.29 is 14.4 Å². The Morgan fingerprint density at radius 3 is 2.21 bits per heavy atom. The summed E-state index contributed by atoms with van der Waals surface area (Å²) in [5.41, 5.74) is 3.92. The second kappa shape index (κ2) is 10.7.